The van der Waals surface area contributed by atoms with Crippen LogP contribution in [0, 0.1) is 25.2 Å². The predicted molar refractivity (Wildman–Crippen MR) is 94.2 cm³/mol. The topological polar surface area (TPSA) is 91.2 Å². The van der Waals surface area contributed by atoms with Crippen molar-refractivity contribution in [2.45, 2.75) is 13.8 Å². The van der Waals surface area contributed by atoms with Crippen molar-refractivity contribution < 1.29 is 14.3 Å². The molecule has 2 aromatic carbocycles. The molecule has 0 radical (unpaired) electrons. The summed E-state index contributed by atoms with van der Waals surface area (Å²) >= 11 is 0. The van der Waals surface area contributed by atoms with Crippen molar-refractivity contribution in [3.05, 3.63) is 59.2 Å². The Morgan fingerprint density at radius 1 is 1.12 bits per heavy atom. The molecule has 2 N–H and O–H groups in total. The molecule has 0 atom stereocenters. The molecule has 25 heavy (non-hydrogen) atoms. The van der Waals surface area contributed by atoms with E-state index in [0.29, 0.717) is 11.3 Å². The van der Waals surface area contributed by atoms with Crippen LogP contribution in [0.2, 0.25) is 0 Å². The number of anilines is 1. The highest BCUT2D eigenvalue weighted by atomic mass is 16.5. The van der Waals surface area contributed by atoms with Crippen LogP contribution < -0.4 is 15.4 Å². The fourth-order valence-corrected chi connectivity index (χ4v) is 2.12. The number of benzene rings is 2. The van der Waals surface area contributed by atoms with Gasteiger partial charge in [-0.25, -0.2) is 0 Å². The van der Waals surface area contributed by atoms with Gasteiger partial charge in [0.1, 0.15) is 5.75 Å². The zero-order valence-electron chi connectivity index (χ0n) is 14.1. The van der Waals surface area contributed by atoms with Gasteiger partial charge in [0, 0.05) is 5.69 Å². The smallest absolute Gasteiger partial charge is 0.258 e. The van der Waals surface area contributed by atoms with Crippen molar-refractivity contribution in [3.63, 3.8) is 0 Å². The molecular formula is C19H19N3O3. The second kappa shape index (κ2) is 8.50. The number of hydrogen-bond donors (Lipinski definition) is 2. The summed E-state index contributed by atoms with van der Waals surface area (Å²) in [6, 6.07) is 14.1. The fraction of sp³-hybridized carbons (Fsp3) is 0.211. The van der Waals surface area contributed by atoms with Crippen molar-refractivity contribution in [2.75, 3.05) is 18.5 Å². The van der Waals surface area contributed by atoms with Crippen molar-refractivity contribution >= 4 is 17.5 Å². The van der Waals surface area contributed by atoms with Crippen LogP contribution in [0.3, 0.4) is 0 Å². The molecular weight excluding hydrogens is 318 g/mol. The Labute approximate surface area is 146 Å². The van der Waals surface area contributed by atoms with Gasteiger partial charge in [-0.3, -0.25) is 9.59 Å². The molecule has 0 aromatic heterocycles. The minimum Gasteiger partial charge on any atom is -0.484 e. The summed E-state index contributed by atoms with van der Waals surface area (Å²) in [5.74, 6) is -0.305. The molecule has 0 saturated carbocycles. The van der Waals surface area contributed by atoms with E-state index in [-0.39, 0.29) is 19.1 Å². The lowest BCUT2D eigenvalue weighted by Gasteiger charge is -2.11. The van der Waals surface area contributed by atoms with E-state index in [4.69, 9.17) is 10.00 Å². The van der Waals surface area contributed by atoms with Crippen molar-refractivity contribution in [3.8, 4) is 11.8 Å². The average Bonchev–Trinajstić information content (AvgIpc) is 2.62. The highest BCUT2D eigenvalue weighted by Gasteiger charge is 2.09. The van der Waals surface area contributed by atoms with Crippen LogP contribution >= 0.6 is 0 Å². The first kappa shape index (κ1) is 18.0. The van der Waals surface area contributed by atoms with Gasteiger partial charge in [-0.2, -0.15) is 5.26 Å². The lowest BCUT2D eigenvalue weighted by atomic mass is 10.1. The third kappa shape index (κ3) is 5.36. The minimum atomic E-state index is -0.418. The molecule has 0 heterocycles. The zero-order valence-corrected chi connectivity index (χ0v) is 14.1. The first-order valence-corrected chi connectivity index (χ1v) is 7.75. The number of ether oxygens (including phenoxy) is 1. The Hall–Kier alpha value is -3.33. The zero-order chi connectivity index (χ0) is 18.2. The normalized spacial score (nSPS) is 9.80. The minimum absolute atomic E-state index is 0.145. The van der Waals surface area contributed by atoms with Crippen LogP contribution in [0.4, 0.5) is 5.69 Å². The van der Waals surface area contributed by atoms with Crippen molar-refractivity contribution in [1.82, 2.24) is 5.32 Å². The van der Waals surface area contributed by atoms with Gasteiger partial charge in [-0.1, -0.05) is 18.2 Å². The largest absolute Gasteiger partial charge is 0.484 e. The number of rotatable bonds is 6. The summed E-state index contributed by atoms with van der Waals surface area (Å²) in [7, 11) is 0. The van der Waals surface area contributed by atoms with Crippen LogP contribution in [-0.2, 0) is 9.59 Å². The molecule has 2 amide bonds. The molecule has 0 unspecified atom stereocenters. The number of aryl methyl sites for hydroxylation is 1. The second-order valence-electron chi connectivity index (χ2n) is 5.50. The van der Waals surface area contributed by atoms with E-state index in [1.807, 2.05) is 38.1 Å². The molecule has 0 aliphatic carbocycles. The summed E-state index contributed by atoms with van der Waals surface area (Å²) in [4.78, 5) is 23.7. The van der Waals surface area contributed by atoms with Gasteiger partial charge in [0.05, 0.1) is 18.2 Å². The van der Waals surface area contributed by atoms with Gasteiger partial charge in [-0.15, -0.1) is 0 Å². The van der Waals surface area contributed by atoms with Crippen molar-refractivity contribution in [2.24, 2.45) is 0 Å². The Kier molecular flexibility index (Phi) is 6.13. The van der Waals surface area contributed by atoms with E-state index in [2.05, 4.69) is 10.6 Å². The standard InChI is InChI=1S/C19H19N3O3/c1-13-5-3-8-17(14(13)2)22-18(23)11-21-19(24)12-25-16-7-4-6-15(9-16)10-20/h3-9H,11-12H2,1-2H3,(H,21,24)(H,22,23). The maximum absolute atomic E-state index is 11.9. The number of carbonyl (C=O) groups excluding carboxylic acids is 2. The molecule has 6 nitrogen and oxygen atoms in total. The number of hydrogen-bond acceptors (Lipinski definition) is 4. The Bertz CT molecular complexity index is 825. The Morgan fingerprint density at radius 2 is 1.88 bits per heavy atom. The highest BCUT2D eigenvalue weighted by molar-refractivity contribution is 5.95. The molecule has 0 aliphatic rings. The quantitative estimate of drug-likeness (QED) is 0.846. The van der Waals surface area contributed by atoms with Crippen molar-refractivity contribution in [1.29, 1.82) is 5.26 Å². The number of nitriles is 1. The predicted octanol–water partition coefficient (Wildman–Crippen LogP) is 2.31. The van der Waals surface area contributed by atoms with Crippen LogP contribution in [0.5, 0.6) is 5.75 Å². The van der Waals surface area contributed by atoms with Gasteiger partial charge in [0.25, 0.3) is 5.91 Å². The van der Waals surface area contributed by atoms with E-state index < -0.39 is 5.91 Å². The Morgan fingerprint density at radius 3 is 2.64 bits per heavy atom. The molecule has 0 aliphatic heterocycles. The molecule has 0 fully saturated rings. The third-order valence-electron chi connectivity index (χ3n) is 3.66. The second-order valence-corrected chi connectivity index (χ2v) is 5.50. The van der Waals surface area contributed by atoms with E-state index in [9.17, 15) is 9.59 Å². The number of amides is 2. The van der Waals surface area contributed by atoms with Gasteiger partial charge >= 0.3 is 0 Å². The third-order valence-corrected chi connectivity index (χ3v) is 3.66. The van der Waals surface area contributed by atoms with E-state index in [0.717, 1.165) is 16.8 Å². The molecule has 128 valence electrons. The molecule has 0 bridgehead atoms. The summed E-state index contributed by atoms with van der Waals surface area (Å²) in [5, 5.41) is 14.1. The number of nitrogens with one attached hydrogen (secondary N) is 2. The lowest BCUT2D eigenvalue weighted by Crippen LogP contribution is -2.35. The molecule has 0 saturated heterocycles. The molecule has 2 rings (SSSR count). The Balaban J connectivity index is 1.78. The average molecular weight is 337 g/mol. The first-order chi connectivity index (χ1) is 12.0. The maximum Gasteiger partial charge on any atom is 0.258 e. The monoisotopic (exact) mass is 337 g/mol. The van der Waals surface area contributed by atoms with E-state index in [1.165, 1.54) is 0 Å². The summed E-state index contributed by atoms with van der Waals surface area (Å²) in [5.41, 5.74) is 3.24. The fourth-order valence-electron chi connectivity index (χ4n) is 2.12. The molecule has 6 heteroatoms. The van der Waals surface area contributed by atoms with Crippen LogP contribution in [0.1, 0.15) is 16.7 Å². The van der Waals surface area contributed by atoms with Crippen LogP contribution in [-0.4, -0.2) is 25.0 Å². The van der Waals surface area contributed by atoms with Crippen LogP contribution in [0.15, 0.2) is 42.5 Å². The SMILES string of the molecule is Cc1cccc(NC(=O)CNC(=O)COc2cccc(C#N)c2)c1C. The van der Waals surface area contributed by atoms with Crippen LogP contribution in [0.25, 0.3) is 0 Å². The summed E-state index contributed by atoms with van der Waals surface area (Å²) < 4.78 is 5.30. The summed E-state index contributed by atoms with van der Waals surface area (Å²) in [6.07, 6.45) is 0. The van der Waals surface area contributed by atoms with E-state index in [1.54, 1.807) is 24.3 Å². The summed E-state index contributed by atoms with van der Waals surface area (Å²) in [6.45, 7) is 3.51. The molecule has 0 spiro atoms. The van der Waals surface area contributed by atoms with Gasteiger partial charge < -0.3 is 15.4 Å². The van der Waals surface area contributed by atoms with Gasteiger partial charge in [0.15, 0.2) is 6.61 Å². The number of nitrogens with zero attached hydrogens (tertiary/aromatic N) is 1. The highest BCUT2D eigenvalue weighted by Crippen LogP contribution is 2.17. The lowest BCUT2D eigenvalue weighted by molar-refractivity contribution is -0.125. The van der Waals surface area contributed by atoms with Gasteiger partial charge in [-0.05, 0) is 49.2 Å². The maximum atomic E-state index is 11.9. The van der Waals surface area contributed by atoms with E-state index >= 15 is 0 Å². The van der Waals surface area contributed by atoms with Gasteiger partial charge in [0.2, 0.25) is 5.91 Å². The first-order valence-electron chi connectivity index (χ1n) is 7.75. The number of carbonyl (C=O) groups is 2. The molecule has 2 aromatic rings.